The topological polar surface area (TPSA) is 88.4 Å². The molecule has 0 unspecified atom stereocenters. The molecule has 46 heavy (non-hydrogen) atoms. The first kappa shape index (κ1) is 33.8. The van der Waals surface area contributed by atoms with Crippen LogP contribution in [0.25, 0.3) is 6.08 Å². The number of allylic oxidation sites excluding steroid dienone is 1. The Labute approximate surface area is 288 Å². The van der Waals surface area contributed by atoms with Crippen molar-refractivity contribution in [1.82, 2.24) is 4.57 Å². The zero-order valence-corrected chi connectivity index (χ0v) is 29.5. The monoisotopic (exact) mass is 744 g/mol. The molecule has 5 rings (SSSR count). The van der Waals surface area contributed by atoms with Gasteiger partial charge in [-0.05, 0) is 97.2 Å². The highest BCUT2D eigenvalue weighted by Crippen LogP contribution is 2.36. The molecule has 12 heteroatoms. The third kappa shape index (κ3) is 7.20. The lowest BCUT2D eigenvalue weighted by Crippen LogP contribution is -2.40. The van der Waals surface area contributed by atoms with Gasteiger partial charge in [0.1, 0.15) is 12.4 Å². The second-order valence-electron chi connectivity index (χ2n) is 10.1. The number of halogens is 3. The number of ether oxygens (including phenoxy) is 4. The number of benzene rings is 3. The number of rotatable bonds is 11. The summed E-state index contributed by atoms with van der Waals surface area (Å²) in [5.74, 6) is 1.18. The Morgan fingerprint density at radius 3 is 2.39 bits per heavy atom. The fourth-order valence-electron chi connectivity index (χ4n) is 5.01. The number of fused-ring (bicyclic) bond motifs is 1. The quantitative estimate of drug-likeness (QED) is 0.151. The second kappa shape index (κ2) is 14.9. The third-order valence-electron chi connectivity index (χ3n) is 7.05. The number of carbonyl (C=O) groups excluding carboxylic acids is 1. The maximum Gasteiger partial charge on any atom is 0.338 e. The normalized spacial score (nSPS) is 14.5. The first-order chi connectivity index (χ1) is 22.1. The summed E-state index contributed by atoms with van der Waals surface area (Å²) >= 11 is 17.1. The van der Waals surface area contributed by atoms with E-state index in [1.165, 1.54) is 11.3 Å². The lowest BCUT2D eigenvalue weighted by atomic mass is 9.95. The van der Waals surface area contributed by atoms with Crippen molar-refractivity contribution in [2.75, 3.05) is 19.8 Å². The number of hydrogen-bond acceptors (Lipinski definition) is 8. The number of nitrogens with zero attached hydrogens (tertiary/aromatic N) is 2. The first-order valence-electron chi connectivity index (χ1n) is 14.6. The van der Waals surface area contributed by atoms with E-state index in [4.69, 9.17) is 42.1 Å². The molecule has 0 spiro atoms. The standard InChI is InChI=1S/C34H31BrCl2N2O6S/c1-5-42-27-13-10-21(16-28(27)43-6-2)31-30(33(41)44-7-3)19(4)38-34-39(31)32(40)29(46-34)15-20-8-12-26(24(35)14-20)45-18-22-9-11-23(36)17-25(22)37/h8-17,31H,5-7,18H2,1-4H3/b29-15-/t31-/m1/s1. The summed E-state index contributed by atoms with van der Waals surface area (Å²) in [4.78, 5) is 32.5. The van der Waals surface area contributed by atoms with Crippen molar-refractivity contribution in [3.63, 3.8) is 0 Å². The van der Waals surface area contributed by atoms with Crippen LogP contribution >= 0.6 is 50.5 Å². The smallest absolute Gasteiger partial charge is 0.338 e. The maximum absolute atomic E-state index is 14.1. The van der Waals surface area contributed by atoms with Crippen LogP contribution < -0.4 is 29.1 Å². The van der Waals surface area contributed by atoms with E-state index >= 15 is 0 Å². The van der Waals surface area contributed by atoms with E-state index in [9.17, 15) is 9.59 Å². The molecular formula is C34H31BrCl2N2O6S. The van der Waals surface area contributed by atoms with E-state index in [1.54, 1.807) is 48.8 Å². The van der Waals surface area contributed by atoms with E-state index in [2.05, 4.69) is 20.9 Å². The van der Waals surface area contributed by atoms with E-state index in [1.807, 2.05) is 44.2 Å². The van der Waals surface area contributed by atoms with Gasteiger partial charge in [0.25, 0.3) is 5.56 Å². The molecule has 1 aromatic heterocycles. The summed E-state index contributed by atoms with van der Waals surface area (Å²) in [5.41, 5.74) is 2.72. The highest BCUT2D eigenvalue weighted by atomic mass is 79.9. The summed E-state index contributed by atoms with van der Waals surface area (Å²) in [5, 5.41) is 1.08. The van der Waals surface area contributed by atoms with Crippen molar-refractivity contribution in [2.45, 2.75) is 40.3 Å². The van der Waals surface area contributed by atoms with Gasteiger partial charge in [-0.1, -0.05) is 52.7 Å². The van der Waals surface area contributed by atoms with Crippen molar-refractivity contribution in [3.8, 4) is 17.2 Å². The van der Waals surface area contributed by atoms with Crippen LogP contribution in [-0.2, 0) is 16.1 Å². The molecule has 0 N–H and O–H groups in total. The van der Waals surface area contributed by atoms with Crippen LogP contribution in [-0.4, -0.2) is 30.4 Å². The minimum atomic E-state index is -0.783. The van der Waals surface area contributed by atoms with Gasteiger partial charge in [-0.15, -0.1) is 0 Å². The molecule has 0 saturated carbocycles. The molecule has 1 aliphatic rings. The largest absolute Gasteiger partial charge is 0.490 e. The van der Waals surface area contributed by atoms with Crippen molar-refractivity contribution in [3.05, 3.63) is 117 Å². The first-order valence-corrected chi connectivity index (χ1v) is 17.0. The lowest BCUT2D eigenvalue weighted by Gasteiger charge is -2.25. The SMILES string of the molecule is CCOC(=O)C1=C(C)N=c2s/c(=C\c3ccc(OCc4ccc(Cl)cc4Cl)c(Br)c3)c(=O)n2[C@@H]1c1ccc(OCC)c(OCC)c1. The van der Waals surface area contributed by atoms with Crippen molar-refractivity contribution in [1.29, 1.82) is 0 Å². The Bertz CT molecular complexity index is 2010. The van der Waals surface area contributed by atoms with Gasteiger partial charge in [0.2, 0.25) is 0 Å². The summed E-state index contributed by atoms with van der Waals surface area (Å²) < 4.78 is 25.7. The second-order valence-corrected chi connectivity index (χ2v) is 12.8. The van der Waals surface area contributed by atoms with E-state index in [0.717, 1.165) is 11.1 Å². The Kier molecular flexibility index (Phi) is 10.9. The molecule has 0 radical (unpaired) electrons. The molecule has 0 bridgehead atoms. The van der Waals surface area contributed by atoms with Crippen molar-refractivity contribution in [2.24, 2.45) is 4.99 Å². The van der Waals surface area contributed by atoms with E-state index < -0.39 is 12.0 Å². The van der Waals surface area contributed by atoms with Gasteiger partial charge in [0.15, 0.2) is 16.3 Å². The van der Waals surface area contributed by atoms with Gasteiger partial charge in [-0.2, -0.15) is 0 Å². The van der Waals surface area contributed by atoms with Gasteiger partial charge in [0.05, 0.1) is 46.1 Å². The van der Waals surface area contributed by atoms with Crippen LogP contribution in [0.3, 0.4) is 0 Å². The van der Waals surface area contributed by atoms with Gasteiger partial charge in [-0.25, -0.2) is 9.79 Å². The van der Waals surface area contributed by atoms with Crippen LogP contribution in [0.1, 0.15) is 50.4 Å². The molecule has 0 saturated heterocycles. The van der Waals surface area contributed by atoms with Gasteiger partial charge in [-0.3, -0.25) is 9.36 Å². The van der Waals surface area contributed by atoms with E-state index in [0.29, 0.717) is 65.6 Å². The molecule has 240 valence electrons. The van der Waals surface area contributed by atoms with Crippen molar-refractivity contribution >= 4 is 62.5 Å². The fraction of sp³-hybridized carbons (Fsp3) is 0.265. The molecule has 0 aliphatic carbocycles. The van der Waals surface area contributed by atoms with Gasteiger partial charge >= 0.3 is 5.97 Å². The Hall–Kier alpha value is -3.57. The summed E-state index contributed by atoms with van der Waals surface area (Å²) in [6.07, 6.45) is 1.79. The zero-order chi connectivity index (χ0) is 33.0. The number of carbonyl (C=O) groups is 1. The number of aromatic nitrogens is 1. The predicted octanol–water partition coefficient (Wildman–Crippen LogP) is 7.24. The Morgan fingerprint density at radius 1 is 0.957 bits per heavy atom. The molecule has 0 fully saturated rings. The van der Waals surface area contributed by atoms with Gasteiger partial charge in [0, 0.05) is 15.6 Å². The minimum absolute atomic E-state index is 0.182. The average Bonchev–Trinajstić information content (AvgIpc) is 3.31. The highest BCUT2D eigenvalue weighted by molar-refractivity contribution is 9.10. The number of hydrogen-bond donors (Lipinski definition) is 0. The third-order valence-corrected chi connectivity index (χ3v) is 9.24. The zero-order valence-electron chi connectivity index (χ0n) is 25.6. The Balaban J connectivity index is 1.55. The van der Waals surface area contributed by atoms with E-state index in [-0.39, 0.29) is 24.3 Å². The predicted molar refractivity (Wildman–Crippen MR) is 184 cm³/mol. The van der Waals surface area contributed by atoms with Crippen LogP contribution in [0.2, 0.25) is 10.0 Å². The van der Waals surface area contributed by atoms with Gasteiger partial charge < -0.3 is 18.9 Å². The molecule has 2 heterocycles. The lowest BCUT2D eigenvalue weighted by molar-refractivity contribution is -0.139. The van der Waals surface area contributed by atoms with Crippen LogP contribution in [0.15, 0.2) is 80.1 Å². The van der Waals surface area contributed by atoms with Crippen molar-refractivity contribution < 1.29 is 23.7 Å². The molecule has 0 amide bonds. The highest BCUT2D eigenvalue weighted by Gasteiger charge is 2.34. The molecule has 3 aromatic carbocycles. The van der Waals surface area contributed by atoms with Crippen LogP contribution in [0.5, 0.6) is 17.2 Å². The number of thiazole rings is 1. The molecule has 1 aliphatic heterocycles. The summed E-state index contributed by atoms with van der Waals surface area (Å²) in [7, 11) is 0. The van der Waals surface area contributed by atoms with Crippen LogP contribution in [0, 0.1) is 0 Å². The molecule has 8 nitrogen and oxygen atoms in total. The fourth-order valence-corrected chi connectivity index (χ4v) is 7.03. The molecule has 1 atom stereocenters. The average molecular weight is 747 g/mol. The maximum atomic E-state index is 14.1. The molecule has 4 aromatic rings. The summed E-state index contributed by atoms with van der Waals surface area (Å²) in [6.45, 7) is 8.58. The molecular weight excluding hydrogens is 715 g/mol. The minimum Gasteiger partial charge on any atom is -0.490 e. The Morgan fingerprint density at radius 2 is 1.70 bits per heavy atom. The summed E-state index contributed by atoms with van der Waals surface area (Å²) in [6, 6.07) is 15.4. The number of esters is 1. The van der Waals surface area contributed by atoms with Crippen LogP contribution in [0.4, 0.5) is 0 Å².